The number of guanidine groups is 1. The van der Waals surface area contributed by atoms with Gasteiger partial charge < -0.3 is 15.5 Å². The van der Waals surface area contributed by atoms with Crippen LogP contribution in [0.2, 0.25) is 13.1 Å². The van der Waals surface area contributed by atoms with Crippen molar-refractivity contribution in [3.63, 3.8) is 0 Å². The molecule has 6 heteroatoms. The first kappa shape index (κ1) is 14.0. The van der Waals surface area contributed by atoms with Gasteiger partial charge in [-0.25, -0.2) is 0 Å². The van der Waals surface area contributed by atoms with Crippen LogP contribution in [0.25, 0.3) is 0 Å². The number of carbonyl (C=O) groups is 1. The minimum atomic E-state index is -1.36. The second-order valence-corrected chi connectivity index (χ2v) is 6.07. The zero-order chi connectivity index (χ0) is 11.8. The molecule has 0 radical (unpaired) electrons. The lowest BCUT2D eigenvalue weighted by molar-refractivity contribution is -0.136. The molecule has 0 fully saturated rings. The monoisotopic (exact) mass is 231 g/mol. The van der Waals surface area contributed by atoms with E-state index >= 15 is 0 Å². The Bertz CT molecular complexity index is 221. The third-order valence-electron chi connectivity index (χ3n) is 1.81. The molecule has 0 saturated carbocycles. The van der Waals surface area contributed by atoms with Crippen LogP contribution in [0.3, 0.4) is 0 Å². The standard InChI is InChI=1S/C9H21N3O2Si/c1-4-5-6-7(12-9(10)11)8(13)14-15(2)3/h7,15H,4-6H2,1-3H3,(H4,10,11,12). The zero-order valence-corrected chi connectivity index (χ0v) is 10.8. The van der Waals surface area contributed by atoms with Crippen LogP contribution >= 0.6 is 0 Å². The molecule has 0 spiro atoms. The van der Waals surface area contributed by atoms with Crippen molar-refractivity contribution in [1.29, 1.82) is 5.41 Å². The Hall–Kier alpha value is -1.04. The normalized spacial score (nSPS) is 12.3. The lowest BCUT2D eigenvalue weighted by Crippen LogP contribution is -2.45. The zero-order valence-electron chi connectivity index (χ0n) is 9.67. The first-order chi connectivity index (χ1) is 6.97. The SMILES string of the molecule is CCCCC(NC(=N)N)C(=O)O[SiH](C)C. The predicted octanol–water partition coefficient (Wildman–Crippen LogP) is 0.555. The quantitative estimate of drug-likeness (QED) is 0.354. The van der Waals surface area contributed by atoms with Gasteiger partial charge in [-0.15, -0.1) is 0 Å². The number of rotatable bonds is 6. The Morgan fingerprint density at radius 1 is 1.60 bits per heavy atom. The number of nitrogens with one attached hydrogen (secondary N) is 2. The molecule has 1 atom stereocenters. The van der Waals surface area contributed by atoms with Crippen molar-refractivity contribution in [2.24, 2.45) is 5.73 Å². The van der Waals surface area contributed by atoms with E-state index in [1.807, 2.05) is 20.0 Å². The van der Waals surface area contributed by atoms with E-state index in [4.69, 9.17) is 15.6 Å². The molecule has 0 heterocycles. The molecule has 0 aromatic carbocycles. The first-order valence-corrected chi connectivity index (χ1v) is 8.06. The van der Waals surface area contributed by atoms with Gasteiger partial charge in [0.05, 0.1) is 0 Å². The van der Waals surface area contributed by atoms with Crippen LogP contribution in [-0.2, 0) is 9.22 Å². The number of unbranched alkanes of at least 4 members (excludes halogenated alkanes) is 1. The fourth-order valence-corrected chi connectivity index (χ4v) is 1.79. The molecule has 0 aliphatic carbocycles. The highest BCUT2D eigenvalue weighted by Crippen LogP contribution is 2.03. The second-order valence-electron chi connectivity index (χ2n) is 3.74. The topological polar surface area (TPSA) is 88.2 Å². The van der Waals surface area contributed by atoms with E-state index in [-0.39, 0.29) is 11.9 Å². The average molecular weight is 231 g/mol. The second kappa shape index (κ2) is 7.28. The van der Waals surface area contributed by atoms with E-state index in [9.17, 15) is 4.79 Å². The van der Waals surface area contributed by atoms with E-state index in [1.54, 1.807) is 0 Å². The van der Waals surface area contributed by atoms with Gasteiger partial charge in [0, 0.05) is 0 Å². The molecule has 5 nitrogen and oxygen atoms in total. The van der Waals surface area contributed by atoms with Crippen molar-refractivity contribution in [1.82, 2.24) is 5.32 Å². The predicted molar refractivity (Wildman–Crippen MR) is 63.3 cm³/mol. The summed E-state index contributed by atoms with van der Waals surface area (Å²) in [4.78, 5) is 11.6. The molecule has 15 heavy (non-hydrogen) atoms. The average Bonchev–Trinajstić information content (AvgIpc) is 2.10. The highest BCUT2D eigenvalue weighted by molar-refractivity contribution is 6.50. The van der Waals surface area contributed by atoms with Crippen LogP contribution in [0.15, 0.2) is 0 Å². The van der Waals surface area contributed by atoms with E-state index in [0.717, 1.165) is 12.8 Å². The lowest BCUT2D eigenvalue weighted by Gasteiger charge is -2.18. The molecular formula is C9H21N3O2Si. The van der Waals surface area contributed by atoms with E-state index in [1.165, 1.54) is 0 Å². The summed E-state index contributed by atoms with van der Waals surface area (Å²) in [6.45, 7) is 5.92. The van der Waals surface area contributed by atoms with Crippen LogP contribution in [0, 0.1) is 5.41 Å². The molecule has 0 aromatic rings. The largest absolute Gasteiger partial charge is 0.521 e. The van der Waals surface area contributed by atoms with Crippen molar-refractivity contribution in [3.05, 3.63) is 0 Å². The van der Waals surface area contributed by atoms with Crippen molar-refractivity contribution in [2.45, 2.75) is 45.3 Å². The van der Waals surface area contributed by atoms with Gasteiger partial charge in [-0.3, -0.25) is 10.2 Å². The van der Waals surface area contributed by atoms with Gasteiger partial charge >= 0.3 is 5.97 Å². The van der Waals surface area contributed by atoms with Crippen LogP contribution in [0.4, 0.5) is 0 Å². The third kappa shape index (κ3) is 6.95. The van der Waals surface area contributed by atoms with Crippen molar-refractivity contribution in [2.75, 3.05) is 0 Å². The molecule has 0 aromatic heterocycles. The third-order valence-corrected chi connectivity index (χ3v) is 2.52. The van der Waals surface area contributed by atoms with Gasteiger partial charge in [-0.2, -0.15) is 0 Å². The summed E-state index contributed by atoms with van der Waals surface area (Å²) in [6.07, 6.45) is 2.58. The number of carbonyl (C=O) groups excluding carboxylic acids is 1. The summed E-state index contributed by atoms with van der Waals surface area (Å²) in [7, 11) is -1.36. The Balaban J connectivity index is 4.20. The fraction of sp³-hybridized carbons (Fsp3) is 0.778. The van der Waals surface area contributed by atoms with E-state index < -0.39 is 15.1 Å². The molecule has 0 aliphatic heterocycles. The highest BCUT2D eigenvalue weighted by Gasteiger charge is 2.20. The highest BCUT2D eigenvalue weighted by atomic mass is 28.3. The Kier molecular flexibility index (Phi) is 6.77. The summed E-state index contributed by atoms with van der Waals surface area (Å²) in [5.41, 5.74) is 5.21. The van der Waals surface area contributed by atoms with E-state index in [0.29, 0.717) is 6.42 Å². The molecule has 0 bridgehead atoms. The van der Waals surface area contributed by atoms with Gasteiger partial charge in [-0.05, 0) is 19.5 Å². The fourth-order valence-electron chi connectivity index (χ4n) is 1.16. The van der Waals surface area contributed by atoms with Crippen LogP contribution < -0.4 is 11.1 Å². The van der Waals surface area contributed by atoms with E-state index in [2.05, 4.69) is 5.32 Å². The van der Waals surface area contributed by atoms with Gasteiger partial charge in [0.15, 0.2) is 5.96 Å². The molecule has 0 saturated heterocycles. The van der Waals surface area contributed by atoms with Gasteiger partial charge in [0.2, 0.25) is 9.04 Å². The maximum atomic E-state index is 11.6. The molecular weight excluding hydrogens is 210 g/mol. The van der Waals surface area contributed by atoms with Gasteiger partial charge in [0.1, 0.15) is 6.04 Å². The molecule has 1 unspecified atom stereocenters. The summed E-state index contributed by atoms with van der Waals surface area (Å²) in [5, 5.41) is 9.73. The summed E-state index contributed by atoms with van der Waals surface area (Å²) < 4.78 is 5.20. The molecule has 88 valence electrons. The molecule has 0 rings (SSSR count). The van der Waals surface area contributed by atoms with Crippen molar-refractivity contribution < 1.29 is 9.22 Å². The van der Waals surface area contributed by atoms with Crippen molar-refractivity contribution >= 4 is 21.0 Å². The Morgan fingerprint density at radius 3 is 2.60 bits per heavy atom. The van der Waals surface area contributed by atoms with Crippen LogP contribution in [-0.4, -0.2) is 27.0 Å². The van der Waals surface area contributed by atoms with Gasteiger partial charge in [0.25, 0.3) is 0 Å². The molecule has 0 amide bonds. The summed E-state index contributed by atoms with van der Waals surface area (Å²) >= 11 is 0. The Labute approximate surface area is 92.6 Å². The summed E-state index contributed by atoms with van der Waals surface area (Å²) in [5.74, 6) is -0.459. The maximum absolute atomic E-state index is 11.6. The number of hydrogen-bond donors (Lipinski definition) is 3. The first-order valence-electron chi connectivity index (χ1n) is 5.28. The minimum absolute atomic E-state index is 0.182. The van der Waals surface area contributed by atoms with Crippen molar-refractivity contribution in [3.8, 4) is 0 Å². The Morgan fingerprint density at radius 2 is 2.20 bits per heavy atom. The van der Waals surface area contributed by atoms with Crippen LogP contribution in [0.1, 0.15) is 26.2 Å². The number of hydrogen-bond acceptors (Lipinski definition) is 3. The van der Waals surface area contributed by atoms with Crippen LogP contribution in [0.5, 0.6) is 0 Å². The van der Waals surface area contributed by atoms with Gasteiger partial charge in [-0.1, -0.05) is 19.8 Å². The lowest BCUT2D eigenvalue weighted by atomic mass is 10.1. The smallest absolute Gasteiger partial charge is 0.315 e. The summed E-state index contributed by atoms with van der Waals surface area (Å²) in [6, 6.07) is -0.461. The minimum Gasteiger partial charge on any atom is -0.521 e. The molecule has 4 N–H and O–H groups in total. The number of nitrogens with two attached hydrogens (primary N) is 1. The molecule has 0 aliphatic rings. The maximum Gasteiger partial charge on any atom is 0.315 e.